The molecule has 0 heterocycles. The molecular formula is C18H31NO3. The van der Waals surface area contributed by atoms with Crippen LogP contribution in [0.15, 0.2) is 0 Å². The van der Waals surface area contributed by atoms with Crippen LogP contribution >= 0.6 is 0 Å². The van der Waals surface area contributed by atoms with Crippen molar-refractivity contribution in [2.75, 3.05) is 13.7 Å². The van der Waals surface area contributed by atoms with Crippen molar-refractivity contribution in [2.45, 2.75) is 77.2 Å². The van der Waals surface area contributed by atoms with Crippen molar-refractivity contribution in [2.24, 2.45) is 11.8 Å². The van der Waals surface area contributed by atoms with E-state index in [4.69, 9.17) is 4.74 Å². The summed E-state index contributed by atoms with van der Waals surface area (Å²) in [7, 11) is 1.42. The number of amides is 1. The van der Waals surface area contributed by atoms with Gasteiger partial charge in [0.05, 0.1) is 13.0 Å². The van der Waals surface area contributed by atoms with Crippen LogP contribution in [0.25, 0.3) is 0 Å². The van der Waals surface area contributed by atoms with Crippen LogP contribution in [0.3, 0.4) is 0 Å². The smallest absolute Gasteiger partial charge is 0.310 e. The predicted octanol–water partition coefficient (Wildman–Crippen LogP) is 3.54. The van der Waals surface area contributed by atoms with Crippen LogP contribution in [-0.4, -0.2) is 36.5 Å². The summed E-state index contributed by atoms with van der Waals surface area (Å²) in [5, 5.41) is 0. The van der Waals surface area contributed by atoms with Crippen LogP contribution in [0, 0.1) is 11.8 Å². The second kappa shape index (κ2) is 8.54. The standard InChI is InChI=1S/C18H31NO3/c1-14(18(21)22-2)13-19(16-11-7-4-8-12-16)17(20)15-9-5-3-6-10-15/h14-16H,3-13H2,1-2H3. The summed E-state index contributed by atoms with van der Waals surface area (Å²) >= 11 is 0. The Balaban J connectivity index is 2.05. The fourth-order valence-electron chi connectivity index (χ4n) is 3.97. The fourth-order valence-corrected chi connectivity index (χ4v) is 3.97. The second-order valence-corrected chi connectivity index (χ2v) is 7.04. The molecule has 2 saturated carbocycles. The average Bonchev–Trinajstić information content (AvgIpc) is 2.59. The zero-order chi connectivity index (χ0) is 15.9. The Hall–Kier alpha value is -1.06. The molecular weight excluding hydrogens is 278 g/mol. The van der Waals surface area contributed by atoms with Crippen LogP contribution in [0.4, 0.5) is 0 Å². The first-order valence-corrected chi connectivity index (χ1v) is 9.01. The number of hydrogen-bond acceptors (Lipinski definition) is 3. The van der Waals surface area contributed by atoms with Crippen LogP contribution < -0.4 is 0 Å². The summed E-state index contributed by atoms with van der Waals surface area (Å²) < 4.78 is 4.85. The quantitative estimate of drug-likeness (QED) is 0.730. The summed E-state index contributed by atoms with van der Waals surface area (Å²) in [5.74, 6) is 0.0274. The van der Waals surface area contributed by atoms with Gasteiger partial charge in [0.25, 0.3) is 0 Å². The zero-order valence-corrected chi connectivity index (χ0v) is 14.2. The lowest BCUT2D eigenvalue weighted by Crippen LogP contribution is -2.47. The van der Waals surface area contributed by atoms with Gasteiger partial charge in [0.1, 0.15) is 0 Å². The zero-order valence-electron chi connectivity index (χ0n) is 14.2. The van der Waals surface area contributed by atoms with Crippen molar-refractivity contribution in [3.05, 3.63) is 0 Å². The minimum absolute atomic E-state index is 0.181. The first-order valence-electron chi connectivity index (χ1n) is 9.01. The van der Waals surface area contributed by atoms with Crippen molar-refractivity contribution in [1.82, 2.24) is 4.90 Å². The van der Waals surface area contributed by atoms with Crippen molar-refractivity contribution in [3.8, 4) is 0 Å². The highest BCUT2D eigenvalue weighted by Gasteiger charge is 2.33. The molecule has 0 saturated heterocycles. The summed E-state index contributed by atoms with van der Waals surface area (Å²) in [6.07, 6.45) is 11.5. The van der Waals surface area contributed by atoms with Gasteiger partial charge in [-0.15, -0.1) is 0 Å². The Morgan fingerprint density at radius 3 is 2.09 bits per heavy atom. The lowest BCUT2D eigenvalue weighted by molar-refractivity contribution is -0.148. The van der Waals surface area contributed by atoms with Gasteiger partial charge in [-0.25, -0.2) is 0 Å². The molecule has 0 N–H and O–H groups in total. The molecule has 1 amide bonds. The topological polar surface area (TPSA) is 46.6 Å². The third-order valence-corrected chi connectivity index (χ3v) is 5.33. The van der Waals surface area contributed by atoms with E-state index >= 15 is 0 Å². The summed E-state index contributed by atoms with van der Waals surface area (Å²) in [6, 6.07) is 0.329. The highest BCUT2D eigenvalue weighted by Crippen LogP contribution is 2.30. The van der Waals surface area contributed by atoms with Gasteiger partial charge in [0.2, 0.25) is 5.91 Å². The van der Waals surface area contributed by atoms with Gasteiger partial charge in [0, 0.05) is 18.5 Å². The molecule has 0 aromatic carbocycles. The van der Waals surface area contributed by atoms with Gasteiger partial charge in [-0.1, -0.05) is 45.4 Å². The van der Waals surface area contributed by atoms with Crippen molar-refractivity contribution < 1.29 is 14.3 Å². The molecule has 4 heteroatoms. The Kier molecular flexibility index (Phi) is 6.71. The number of nitrogens with zero attached hydrogens (tertiary/aromatic N) is 1. The number of carbonyl (C=O) groups excluding carboxylic acids is 2. The van der Waals surface area contributed by atoms with E-state index in [0.717, 1.165) is 25.7 Å². The van der Waals surface area contributed by atoms with E-state index in [1.807, 2.05) is 11.8 Å². The second-order valence-electron chi connectivity index (χ2n) is 7.04. The highest BCUT2D eigenvalue weighted by molar-refractivity contribution is 5.80. The molecule has 0 bridgehead atoms. The van der Waals surface area contributed by atoms with E-state index in [1.165, 1.54) is 45.6 Å². The summed E-state index contributed by atoms with van der Waals surface area (Å²) in [4.78, 5) is 26.8. The van der Waals surface area contributed by atoms with Gasteiger partial charge < -0.3 is 9.64 Å². The largest absolute Gasteiger partial charge is 0.469 e. The summed E-state index contributed by atoms with van der Waals surface area (Å²) in [6.45, 7) is 2.39. The summed E-state index contributed by atoms with van der Waals surface area (Å²) in [5.41, 5.74) is 0. The molecule has 2 fully saturated rings. The maximum atomic E-state index is 13.0. The van der Waals surface area contributed by atoms with Crippen LogP contribution in [0.2, 0.25) is 0 Å². The Labute approximate surface area is 134 Å². The maximum absolute atomic E-state index is 13.0. The van der Waals surface area contributed by atoms with Crippen LogP contribution in [0.1, 0.15) is 71.1 Å². The molecule has 0 spiro atoms. The molecule has 4 nitrogen and oxygen atoms in total. The molecule has 1 unspecified atom stereocenters. The highest BCUT2D eigenvalue weighted by atomic mass is 16.5. The van der Waals surface area contributed by atoms with Crippen molar-refractivity contribution >= 4 is 11.9 Å². The first kappa shape index (κ1) is 17.3. The first-order chi connectivity index (χ1) is 10.6. The molecule has 0 aromatic rings. The molecule has 2 rings (SSSR count). The number of esters is 1. The average molecular weight is 309 g/mol. The monoisotopic (exact) mass is 309 g/mol. The third-order valence-electron chi connectivity index (χ3n) is 5.33. The van der Waals surface area contributed by atoms with Gasteiger partial charge >= 0.3 is 5.97 Å². The minimum Gasteiger partial charge on any atom is -0.469 e. The number of rotatable bonds is 5. The van der Waals surface area contributed by atoms with E-state index < -0.39 is 0 Å². The number of hydrogen-bond donors (Lipinski definition) is 0. The molecule has 0 aliphatic heterocycles. The van der Waals surface area contributed by atoms with E-state index in [-0.39, 0.29) is 17.8 Å². The molecule has 126 valence electrons. The third kappa shape index (κ3) is 4.47. The normalized spacial score (nSPS) is 22.1. The van der Waals surface area contributed by atoms with Crippen LogP contribution in [-0.2, 0) is 14.3 Å². The maximum Gasteiger partial charge on any atom is 0.310 e. The van der Waals surface area contributed by atoms with Gasteiger partial charge in [-0.2, -0.15) is 0 Å². The molecule has 22 heavy (non-hydrogen) atoms. The van der Waals surface area contributed by atoms with E-state index in [9.17, 15) is 9.59 Å². The van der Waals surface area contributed by atoms with Gasteiger partial charge in [0.15, 0.2) is 0 Å². The minimum atomic E-state index is -0.237. The van der Waals surface area contributed by atoms with Gasteiger partial charge in [-0.3, -0.25) is 9.59 Å². The molecule has 2 aliphatic carbocycles. The van der Waals surface area contributed by atoms with E-state index in [0.29, 0.717) is 18.5 Å². The van der Waals surface area contributed by atoms with Crippen molar-refractivity contribution in [1.29, 1.82) is 0 Å². The lowest BCUT2D eigenvalue weighted by atomic mass is 9.86. The molecule has 0 aromatic heterocycles. The van der Waals surface area contributed by atoms with Crippen LogP contribution in [0.5, 0.6) is 0 Å². The lowest BCUT2D eigenvalue weighted by Gasteiger charge is -2.38. The molecule has 0 radical (unpaired) electrons. The molecule has 1 atom stereocenters. The predicted molar refractivity (Wildman–Crippen MR) is 86.3 cm³/mol. The SMILES string of the molecule is COC(=O)C(C)CN(C(=O)C1CCCCC1)C1CCCCC1. The Morgan fingerprint density at radius 1 is 1.00 bits per heavy atom. The van der Waals surface area contributed by atoms with E-state index in [1.54, 1.807) is 0 Å². The Morgan fingerprint density at radius 2 is 1.55 bits per heavy atom. The number of carbonyl (C=O) groups is 2. The number of ether oxygens (including phenoxy) is 1. The van der Waals surface area contributed by atoms with Gasteiger partial charge in [-0.05, 0) is 25.7 Å². The Bertz CT molecular complexity index is 371. The molecule has 2 aliphatic rings. The number of methoxy groups -OCH3 is 1. The van der Waals surface area contributed by atoms with Crippen molar-refractivity contribution in [3.63, 3.8) is 0 Å². The fraction of sp³-hybridized carbons (Fsp3) is 0.889. The van der Waals surface area contributed by atoms with E-state index in [2.05, 4.69) is 0 Å².